The smallest absolute Gasteiger partial charge is 0.321 e. The number of amides is 2. The van der Waals surface area contributed by atoms with Gasteiger partial charge in [-0.05, 0) is 13.3 Å². The van der Waals surface area contributed by atoms with E-state index in [2.05, 4.69) is 32.5 Å². The van der Waals surface area contributed by atoms with Crippen molar-refractivity contribution in [3.63, 3.8) is 0 Å². The fraction of sp³-hybridized carbons (Fsp3) is 0.769. The van der Waals surface area contributed by atoms with Crippen LogP contribution in [0.25, 0.3) is 0 Å². The molecule has 1 aliphatic heterocycles. The second-order valence-corrected chi connectivity index (χ2v) is 4.97. The van der Waals surface area contributed by atoms with E-state index >= 15 is 0 Å². The number of anilines is 1. The van der Waals surface area contributed by atoms with Crippen molar-refractivity contribution in [2.24, 2.45) is 0 Å². The number of rotatable bonds is 6. The fourth-order valence-corrected chi connectivity index (χ4v) is 2.33. The monoisotopic (exact) mass is 296 g/mol. The van der Waals surface area contributed by atoms with Crippen molar-refractivity contribution in [3.8, 4) is 0 Å². The van der Waals surface area contributed by atoms with Crippen LogP contribution >= 0.6 is 0 Å². The van der Waals surface area contributed by atoms with E-state index in [1.807, 2.05) is 6.92 Å². The Bertz CT molecular complexity index is 444. The van der Waals surface area contributed by atoms with E-state index in [0.29, 0.717) is 18.5 Å². The third-order valence-corrected chi connectivity index (χ3v) is 3.62. The van der Waals surface area contributed by atoms with Gasteiger partial charge in [0.05, 0.1) is 13.2 Å². The molecule has 1 aliphatic rings. The maximum absolute atomic E-state index is 11.9. The first-order valence-corrected chi connectivity index (χ1v) is 7.49. The molecule has 118 valence electrons. The van der Waals surface area contributed by atoms with Gasteiger partial charge in [0.1, 0.15) is 6.33 Å². The summed E-state index contributed by atoms with van der Waals surface area (Å²) < 4.78 is 7.02. The van der Waals surface area contributed by atoms with E-state index < -0.39 is 0 Å². The topological polar surface area (TPSA) is 84.3 Å². The van der Waals surface area contributed by atoms with Crippen molar-refractivity contribution >= 4 is 12.0 Å². The first kappa shape index (κ1) is 15.7. The molecule has 0 bridgehead atoms. The molecule has 0 saturated carbocycles. The van der Waals surface area contributed by atoms with E-state index in [1.54, 1.807) is 11.0 Å². The SMILES string of the molecule is CC[C@@H](CNC(=O)Nc1ncn(CC)n1)N1CCOCC1. The van der Waals surface area contributed by atoms with Crippen LogP contribution in [-0.4, -0.2) is 64.6 Å². The summed E-state index contributed by atoms with van der Waals surface area (Å²) in [4.78, 5) is 18.2. The summed E-state index contributed by atoms with van der Waals surface area (Å²) in [6.45, 7) is 8.80. The molecule has 8 heteroatoms. The molecule has 0 spiro atoms. The van der Waals surface area contributed by atoms with Gasteiger partial charge in [-0.15, -0.1) is 5.10 Å². The summed E-state index contributed by atoms with van der Waals surface area (Å²) in [7, 11) is 0. The Kier molecular flexibility index (Phi) is 5.94. The van der Waals surface area contributed by atoms with Crippen LogP contribution in [0, 0.1) is 0 Å². The molecular formula is C13H24N6O2. The van der Waals surface area contributed by atoms with Gasteiger partial charge < -0.3 is 10.1 Å². The fourth-order valence-electron chi connectivity index (χ4n) is 2.33. The van der Waals surface area contributed by atoms with Crippen molar-refractivity contribution in [3.05, 3.63) is 6.33 Å². The average molecular weight is 296 g/mol. The van der Waals surface area contributed by atoms with Gasteiger partial charge in [-0.2, -0.15) is 0 Å². The lowest BCUT2D eigenvalue weighted by atomic mass is 10.2. The van der Waals surface area contributed by atoms with Crippen molar-refractivity contribution in [2.75, 3.05) is 38.2 Å². The molecule has 0 aromatic carbocycles. The quantitative estimate of drug-likeness (QED) is 0.800. The lowest BCUT2D eigenvalue weighted by Crippen LogP contribution is -2.49. The van der Waals surface area contributed by atoms with Gasteiger partial charge in [-0.1, -0.05) is 6.92 Å². The number of carbonyl (C=O) groups is 1. The third kappa shape index (κ3) is 4.68. The first-order chi connectivity index (χ1) is 10.2. The summed E-state index contributed by atoms with van der Waals surface area (Å²) in [5.74, 6) is 0.328. The van der Waals surface area contributed by atoms with Gasteiger partial charge in [0.2, 0.25) is 5.95 Å². The minimum atomic E-state index is -0.268. The number of ether oxygens (including phenoxy) is 1. The molecule has 2 amide bonds. The number of nitrogens with one attached hydrogen (secondary N) is 2. The molecule has 0 unspecified atom stereocenters. The number of morpholine rings is 1. The van der Waals surface area contributed by atoms with Crippen LogP contribution in [0.5, 0.6) is 0 Å². The van der Waals surface area contributed by atoms with E-state index in [1.165, 1.54) is 0 Å². The molecular weight excluding hydrogens is 272 g/mol. The molecule has 1 aromatic rings. The Labute approximate surface area is 124 Å². The Balaban J connectivity index is 1.76. The highest BCUT2D eigenvalue weighted by Gasteiger charge is 2.20. The molecule has 2 rings (SSSR count). The highest BCUT2D eigenvalue weighted by Crippen LogP contribution is 2.06. The largest absolute Gasteiger partial charge is 0.379 e. The third-order valence-electron chi connectivity index (χ3n) is 3.62. The summed E-state index contributed by atoms with van der Waals surface area (Å²) in [5, 5.41) is 9.64. The molecule has 1 fully saturated rings. The number of aryl methyl sites for hydroxylation is 1. The Morgan fingerprint density at radius 3 is 2.81 bits per heavy atom. The lowest BCUT2D eigenvalue weighted by molar-refractivity contribution is 0.0165. The molecule has 21 heavy (non-hydrogen) atoms. The summed E-state index contributed by atoms with van der Waals surface area (Å²) in [5.41, 5.74) is 0. The second kappa shape index (κ2) is 7.94. The summed E-state index contributed by atoms with van der Waals surface area (Å²) >= 11 is 0. The summed E-state index contributed by atoms with van der Waals surface area (Å²) in [6, 6.07) is 0.0661. The number of carbonyl (C=O) groups excluding carboxylic acids is 1. The van der Waals surface area contributed by atoms with Crippen LogP contribution in [0.3, 0.4) is 0 Å². The number of urea groups is 1. The number of hydrogen-bond donors (Lipinski definition) is 2. The van der Waals surface area contributed by atoms with Crippen LogP contribution in [0.1, 0.15) is 20.3 Å². The van der Waals surface area contributed by atoms with Gasteiger partial charge in [-0.25, -0.2) is 9.78 Å². The van der Waals surface area contributed by atoms with Gasteiger partial charge >= 0.3 is 6.03 Å². The predicted octanol–water partition coefficient (Wildman–Crippen LogP) is 0.530. The molecule has 1 atom stereocenters. The van der Waals surface area contributed by atoms with E-state index in [9.17, 15) is 4.79 Å². The van der Waals surface area contributed by atoms with Crippen LogP contribution < -0.4 is 10.6 Å². The molecule has 8 nitrogen and oxygen atoms in total. The maximum Gasteiger partial charge on any atom is 0.321 e. The zero-order valence-electron chi connectivity index (χ0n) is 12.7. The van der Waals surface area contributed by atoms with Gasteiger partial charge in [0.25, 0.3) is 0 Å². The zero-order chi connectivity index (χ0) is 15.1. The first-order valence-electron chi connectivity index (χ1n) is 7.49. The molecule has 0 aliphatic carbocycles. The zero-order valence-corrected chi connectivity index (χ0v) is 12.7. The van der Waals surface area contributed by atoms with Crippen LogP contribution in [0.4, 0.5) is 10.7 Å². The Morgan fingerprint density at radius 1 is 1.43 bits per heavy atom. The van der Waals surface area contributed by atoms with Crippen LogP contribution in [0.2, 0.25) is 0 Å². The Hall–Kier alpha value is -1.67. The van der Waals surface area contributed by atoms with Crippen LogP contribution in [0.15, 0.2) is 6.33 Å². The standard InChI is InChI=1S/C13H24N6O2/c1-3-11(18-5-7-21-8-6-18)9-14-13(20)16-12-15-10-19(4-2)17-12/h10-11H,3-9H2,1-2H3,(H2,14,16,17,20)/t11-/m0/s1. The molecule has 0 radical (unpaired) electrons. The van der Waals surface area contributed by atoms with E-state index in [0.717, 1.165) is 39.3 Å². The molecule has 2 heterocycles. The Morgan fingerprint density at radius 2 is 2.19 bits per heavy atom. The van der Waals surface area contributed by atoms with Gasteiger partial charge in [0.15, 0.2) is 0 Å². The predicted molar refractivity (Wildman–Crippen MR) is 79.2 cm³/mol. The normalized spacial score (nSPS) is 17.4. The van der Waals surface area contributed by atoms with Crippen molar-refractivity contribution in [1.29, 1.82) is 0 Å². The number of aromatic nitrogens is 3. The molecule has 2 N–H and O–H groups in total. The summed E-state index contributed by atoms with van der Waals surface area (Å²) in [6.07, 6.45) is 2.58. The van der Waals surface area contributed by atoms with Crippen LogP contribution in [-0.2, 0) is 11.3 Å². The molecule has 1 aromatic heterocycles. The minimum absolute atomic E-state index is 0.268. The maximum atomic E-state index is 11.9. The van der Waals surface area contributed by atoms with Crippen molar-refractivity contribution in [1.82, 2.24) is 25.0 Å². The average Bonchev–Trinajstić information content (AvgIpc) is 2.96. The van der Waals surface area contributed by atoms with Crippen molar-refractivity contribution < 1.29 is 9.53 Å². The van der Waals surface area contributed by atoms with E-state index in [4.69, 9.17) is 4.74 Å². The van der Waals surface area contributed by atoms with E-state index in [-0.39, 0.29) is 6.03 Å². The number of hydrogen-bond acceptors (Lipinski definition) is 5. The highest BCUT2D eigenvalue weighted by molar-refractivity contribution is 5.87. The highest BCUT2D eigenvalue weighted by atomic mass is 16.5. The number of nitrogens with zero attached hydrogens (tertiary/aromatic N) is 4. The van der Waals surface area contributed by atoms with Gasteiger partial charge in [0, 0.05) is 32.2 Å². The van der Waals surface area contributed by atoms with Gasteiger partial charge in [-0.3, -0.25) is 14.9 Å². The molecule has 1 saturated heterocycles. The second-order valence-electron chi connectivity index (χ2n) is 4.97. The lowest BCUT2D eigenvalue weighted by Gasteiger charge is -2.33. The van der Waals surface area contributed by atoms with Crippen molar-refractivity contribution in [2.45, 2.75) is 32.9 Å². The minimum Gasteiger partial charge on any atom is -0.379 e.